The molecule has 2 atom stereocenters. The molecule has 0 radical (unpaired) electrons. The second-order valence-corrected chi connectivity index (χ2v) is 17.8. The molecule has 320 valence electrons. The van der Waals surface area contributed by atoms with Crippen molar-refractivity contribution in [3.8, 4) is 0 Å². The van der Waals surface area contributed by atoms with Crippen LogP contribution in [-0.4, -0.2) is 58.2 Å². The van der Waals surface area contributed by atoms with E-state index in [4.69, 9.17) is 5.11 Å². The van der Waals surface area contributed by atoms with E-state index in [9.17, 15) is 19.5 Å². The molecule has 0 aliphatic heterocycles. The summed E-state index contributed by atoms with van der Waals surface area (Å²) in [5.41, 5.74) is 5.96. The summed E-state index contributed by atoms with van der Waals surface area (Å²) in [6, 6.07) is 58.2. The molecule has 7 nitrogen and oxygen atoms in total. The van der Waals surface area contributed by atoms with Gasteiger partial charge >= 0.3 is 5.97 Å². The summed E-state index contributed by atoms with van der Waals surface area (Å²) in [6.45, 7) is 0.180. The molecule has 0 aliphatic carbocycles. The highest BCUT2D eigenvalue weighted by Gasteiger charge is 2.41. The smallest absolute Gasteiger partial charge is 0.327 e. The second-order valence-electron chi connectivity index (χ2n) is 15.3. The quantitative estimate of drug-likeness (QED) is 0.0354. The molecular weight excluding hydrogens is 809 g/mol. The van der Waals surface area contributed by atoms with Crippen molar-refractivity contribution in [2.75, 3.05) is 18.1 Å². The molecule has 9 heteroatoms. The maximum Gasteiger partial charge on any atom is 0.327 e. The molecule has 2 amide bonds. The maximum absolute atomic E-state index is 14.7. The van der Waals surface area contributed by atoms with E-state index in [-0.39, 0.29) is 30.4 Å². The molecule has 6 aromatic rings. The van der Waals surface area contributed by atoms with Gasteiger partial charge in [0.25, 0.3) is 0 Å². The Bertz CT molecular complexity index is 2060. The van der Waals surface area contributed by atoms with Crippen LogP contribution in [-0.2, 0) is 23.9 Å². The number of carboxylic acid groups (broad SMARTS) is 1. The van der Waals surface area contributed by atoms with Gasteiger partial charge in [-0.15, -0.1) is 23.5 Å². The molecule has 0 saturated heterocycles. The number of rotatable bonds is 24. The highest BCUT2D eigenvalue weighted by Crippen LogP contribution is 2.50. The fourth-order valence-corrected chi connectivity index (χ4v) is 11.1. The van der Waals surface area contributed by atoms with Crippen LogP contribution in [0.1, 0.15) is 78.3 Å². The molecule has 0 aromatic heterocycles. The number of nitrogens with one attached hydrogen (secondary N) is 2. The molecule has 62 heavy (non-hydrogen) atoms. The van der Waals surface area contributed by atoms with Crippen LogP contribution in [0.25, 0.3) is 0 Å². The molecule has 6 aromatic carbocycles. The Morgan fingerprint density at radius 2 is 0.742 bits per heavy atom. The number of aliphatic hydroxyl groups excluding tert-OH is 1. The van der Waals surface area contributed by atoms with Crippen LogP contribution >= 0.6 is 23.5 Å². The first kappa shape index (κ1) is 45.9. The van der Waals surface area contributed by atoms with Crippen molar-refractivity contribution in [3.05, 3.63) is 215 Å². The zero-order valence-corrected chi connectivity index (χ0v) is 36.6. The lowest BCUT2D eigenvalue weighted by molar-refractivity contribution is -0.141. The lowest BCUT2D eigenvalue weighted by atomic mass is 9.84. The average Bonchev–Trinajstić information content (AvgIpc) is 3.32. The zero-order chi connectivity index (χ0) is 43.5. The summed E-state index contributed by atoms with van der Waals surface area (Å²) in [6.07, 6.45) is 5.40. The van der Waals surface area contributed by atoms with Crippen molar-refractivity contribution in [1.82, 2.24) is 10.6 Å². The predicted octanol–water partition coefficient (Wildman–Crippen LogP) is 10.2. The third-order valence-corrected chi connectivity index (χ3v) is 14.4. The van der Waals surface area contributed by atoms with Crippen molar-refractivity contribution < 1.29 is 24.6 Å². The molecule has 0 saturated carbocycles. The van der Waals surface area contributed by atoms with Gasteiger partial charge in [0.1, 0.15) is 12.1 Å². The maximum atomic E-state index is 14.7. The van der Waals surface area contributed by atoms with E-state index in [0.29, 0.717) is 6.42 Å². The van der Waals surface area contributed by atoms with Gasteiger partial charge in [0.05, 0.1) is 9.49 Å². The Balaban J connectivity index is 1.31. The first-order valence-corrected chi connectivity index (χ1v) is 23.4. The lowest BCUT2D eigenvalue weighted by Crippen LogP contribution is -2.54. The highest BCUT2D eigenvalue weighted by molar-refractivity contribution is 8.01. The standard InChI is InChI=1S/C53H56N2O5S2/c56-38-24-4-2-1-3-23-37-49(57)54-47(39-61-52(41-25-11-5-12-26-41,42-27-13-6-14-28-42)43-29-15-7-16-30-43)50(58)55-48(51(59)60)40-62-53(44-31-17-8-18-32-44,45-33-19-9-20-34-45)46-35-21-10-22-36-46/h5-22,25-36,47-48,56H,1-4,23-24,37-40H2,(H,54,57)(H,55,58)(H,59,60)/t47-,48-/m0/s1. The van der Waals surface area contributed by atoms with Gasteiger partial charge in [0, 0.05) is 24.5 Å². The van der Waals surface area contributed by atoms with Crippen LogP contribution in [0.2, 0.25) is 0 Å². The predicted molar refractivity (Wildman–Crippen MR) is 254 cm³/mol. The van der Waals surface area contributed by atoms with Crippen LogP contribution in [0.15, 0.2) is 182 Å². The number of aliphatic hydroxyl groups is 1. The Labute approximate surface area is 374 Å². The molecule has 0 bridgehead atoms. The molecule has 4 N–H and O–H groups in total. The number of carbonyl (C=O) groups is 3. The summed E-state index contributed by atoms with van der Waals surface area (Å²) < 4.78 is -1.57. The van der Waals surface area contributed by atoms with Gasteiger partial charge in [0.15, 0.2) is 0 Å². The summed E-state index contributed by atoms with van der Waals surface area (Å²) in [5, 5.41) is 25.9. The zero-order valence-electron chi connectivity index (χ0n) is 35.0. The van der Waals surface area contributed by atoms with Crippen LogP contribution in [0, 0.1) is 0 Å². The normalized spacial score (nSPS) is 12.5. The molecule has 0 aliphatic rings. The largest absolute Gasteiger partial charge is 0.480 e. The fraction of sp³-hybridized carbons (Fsp3) is 0.264. The number of amides is 2. The Morgan fingerprint density at radius 1 is 0.435 bits per heavy atom. The minimum absolute atomic E-state index is 0.0336. The van der Waals surface area contributed by atoms with Gasteiger partial charge in [-0.1, -0.05) is 208 Å². The molecular formula is C53H56N2O5S2. The number of unbranched alkanes of at least 4 members (excludes halogenated alkanes) is 5. The number of thioether (sulfide) groups is 2. The minimum atomic E-state index is -1.28. The number of benzene rings is 6. The van der Waals surface area contributed by atoms with E-state index in [1.165, 1.54) is 11.8 Å². The Kier molecular flexibility index (Phi) is 17.4. The van der Waals surface area contributed by atoms with Crippen molar-refractivity contribution in [2.45, 2.75) is 66.5 Å². The molecule has 0 fully saturated rings. The number of carbonyl (C=O) groups excluding carboxylic acids is 2. The Morgan fingerprint density at radius 3 is 1.06 bits per heavy atom. The van der Waals surface area contributed by atoms with E-state index in [0.717, 1.165) is 65.5 Å². The SMILES string of the molecule is O=C(CCCCCCCCO)N[C@@H](CSC(c1ccccc1)(c1ccccc1)c1ccccc1)C(=O)N[C@@H](CSC(c1ccccc1)(c1ccccc1)c1ccccc1)C(=O)O. The van der Waals surface area contributed by atoms with Gasteiger partial charge in [-0.3, -0.25) is 9.59 Å². The van der Waals surface area contributed by atoms with Gasteiger partial charge in [-0.05, 0) is 46.2 Å². The number of hydrogen-bond donors (Lipinski definition) is 4. The van der Waals surface area contributed by atoms with Crippen molar-refractivity contribution in [3.63, 3.8) is 0 Å². The van der Waals surface area contributed by atoms with Gasteiger partial charge in [-0.2, -0.15) is 0 Å². The molecule has 0 spiro atoms. The number of aliphatic carboxylic acids is 1. The van der Waals surface area contributed by atoms with Gasteiger partial charge in [-0.25, -0.2) is 4.79 Å². The summed E-state index contributed by atoms with van der Waals surface area (Å²) >= 11 is 3.00. The van der Waals surface area contributed by atoms with E-state index in [2.05, 4.69) is 83.4 Å². The average molecular weight is 865 g/mol. The third-order valence-electron chi connectivity index (χ3n) is 11.1. The van der Waals surface area contributed by atoms with Crippen LogP contribution < -0.4 is 10.6 Å². The van der Waals surface area contributed by atoms with E-state index in [1.807, 2.05) is 109 Å². The van der Waals surface area contributed by atoms with E-state index < -0.39 is 33.5 Å². The topological polar surface area (TPSA) is 116 Å². The van der Waals surface area contributed by atoms with Gasteiger partial charge in [0.2, 0.25) is 11.8 Å². The fourth-order valence-electron chi connectivity index (χ4n) is 7.95. The summed E-state index contributed by atoms with van der Waals surface area (Å²) in [5.74, 6) is -1.80. The minimum Gasteiger partial charge on any atom is -0.480 e. The number of carboxylic acids is 1. The van der Waals surface area contributed by atoms with Gasteiger partial charge < -0.3 is 20.8 Å². The first-order chi connectivity index (χ1) is 30.4. The number of hydrogen-bond acceptors (Lipinski definition) is 6. The molecule has 6 rings (SSSR count). The molecule has 0 unspecified atom stereocenters. The molecule has 0 heterocycles. The lowest BCUT2D eigenvalue weighted by Gasteiger charge is -2.37. The van der Waals surface area contributed by atoms with Crippen LogP contribution in [0.5, 0.6) is 0 Å². The van der Waals surface area contributed by atoms with Crippen LogP contribution in [0.3, 0.4) is 0 Å². The van der Waals surface area contributed by atoms with Crippen molar-refractivity contribution in [2.24, 2.45) is 0 Å². The van der Waals surface area contributed by atoms with Crippen molar-refractivity contribution >= 4 is 41.3 Å². The third kappa shape index (κ3) is 11.6. The van der Waals surface area contributed by atoms with Crippen molar-refractivity contribution in [1.29, 1.82) is 0 Å². The van der Waals surface area contributed by atoms with E-state index >= 15 is 0 Å². The first-order valence-electron chi connectivity index (χ1n) is 21.4. The van der Waals surface area contributed by atoms with Crippen LogP contribution in [0.4, 0.5) is 0 Å². The second kappa shape index (κ2) is 23.6. The van der Waals surface area contributed by atoms with E-state index in [1.54, 1.807) is 11.8 Å². The summed E-state index contributed by atoms with van der Waals surface area (Å²) in [7, 11) is 0. The Hall–Kier alpha value is -5.61. The highest BCUT2D eigenvalue weighted by atomic mass is 32.2. The summed E-state index contributed by atoms with van der Waals surface area (Å²) in [4.78, 5) is 41.6. The monoisotopic (exact) mass is 864 g/mol.